The van der Waals surface area contributed by atoms with Gasteiger partial charge in [0.1, 0.15) is 0 Å². The number of halogens is 6. The van der Waals surface area contributed by atoms with Gasteiger partial charge >= 0.3 is 33.5 Å². The molecule has 0 atom stereocenters. The summed E-state index contributed by atoms with van der Waals surface area (Å²) in [5.74, 6) is -1.25. The first-order valence-corrected chi connectivity index (χ1v) is 20.4. The van der Waals surface area contributed by atoms with Crippen LogP contribution in [0.25, 0.3) is 21.8 Å². The number of ether oxygens (including phenoxy) is 1. The number of hydrogen-bond donors (Lipinski definition) is 5. The third-order valence-electron chi connectivity index (χ3n) is 10.1. The minimum absolute atomic E-state index is 0. The number of fused-ring (bicyclic) bond motifs is 6. The summed E-state index contributed by atoms with van der Waals surface area (Å²) in [4.78, 5) is 74.4. The quantitative estimate of drug-likeness (QED) is 0.0673. The molecule has 0 unspecified atom stereocenters. The van der Waals surface area contributed by atoms with E-state index in [1.54, 1.807) is 48.5 Å². The summed E-state index contributed by atoms with van der Waals surface area (Å²) < 4.78 is 0.792. The van der Waals surface area contributed by atoms with Crippen molar-refractivity contribution >= 4 is 115 Å². The first-order chi connectivity index (χ1) is 28.4. The predicted octanol–water partition coefficient (Wildman–Crippen LogP) is 3.93. The Labute approximate surface area is 405 Å². The number of ketones is 2. The SMILES string of the molecule is NCc1ccc2c(c1)C(=O)c1[nH]c3ccc(CN)cc3c(=O)c1C2.O=C1c2cc(CNC(=O)C(Cl)(Cl)Cl)ccc2Cc2c1[nH]c1ccc(CN=COC(Cl)(Cl)Cl)cc1c2=O.[Na+].[OH-]. The molecular formula is C42H33Cl6N6NaO7. The van der Waals surface area contributed by atoms with E-state index in [0.29, 0.717) is 80.4 Å². The smallest absolute Gasteiger partial charge is 0.870 e. The number of aromatic nitrogens is 2. The van der Waals surface area contributed by atoms with Crippen molar-refractivity contribution in [2.75, 3.05) is 0 Å². The molecule has 2 aromatic heterocycles. The van der Waals surface area contributed by atoms with Gasteiger partial charge in [0, 0.05) is 76.5 Å². The van der Waals surface area contributed by atoms with Crippen LogP contribution >= 0.6 is 69.6 Å². The molecule has 2 heterocycles. The number of amides is 1. The summed E-state index contributed by atoms with van der Waals surface area (Å²) >= 11 is 33.2. The molecule has 0 saturated heterocycles. The van der Waals surface area contributed by atoms with E-state index < -0.39 is 13.7 Å². The van der Waals surface area contributed by atoms with Crippen molar-refractivity contribution < 1.29 is 54.2 Å². The molecule has 0 saturated carbocycles. The fraction of sp³-hybridized carbons (Fsp3) is 0.190. The van der Waals surface area contributed by atoms with Gasteiger partial charge in [0.15, 0.2) is 17.3 Å². The van der Waals surface area contributed by atoms with Crippen molar-refractivity contribution in [1.82, 2.24) is 15.3 Å². The Kier molecular flexibility index (Phi) is 15.8. The monoisotopic (exact) mass is 966 g/mol. The Morgan fingerprint density at radius 1 is 0.694 bits per heavy atom. The number of nitrogens with one attached hydrogen (secondary N) is 3. The van der Waals surface area contributed by atoms with Crippen molar-refractivity contribution in [3.63, 3.8) is 0 Å². The molecule has 2 aliphatic rings. The standard InChI is InChI=1S/C23H15Cl6N3O4.C19H17N3O2.Na.H2O/c24-22(25,26)21(35)31-9-12-1-3-13-7-16-18(20(34)14(13)5-12)32-17-4-2-11(6-15(17)19(16)33)8-30-10-36-23(27,28)29;20-8-10-1-3-12-7-15-17(19(24)13(12)5-10)22-16-4-2-11(9-21)6-14(16)18(15)23;;/h1-6,10H,7-9H2,(H,31,35)(H,32,33);1-6H,7-9,20-21H2,(H,22,23);;1H2/q;;+1;/p-1. The van der Waals surface area contributed by atoms with Crippen LogP contribution in [0.5, 0.6) is 0 Å². The molecule has 4 aromatic carbocycles. The summed E-state index contributed by atoms with van der Waals surface area (Å²) in [6, 6.07) is 21.3. The van der Waals surface area contributed by atoms with Gasteiger partial charge in [-0.1, -0.05) is 71.2 Å². The molecular weight excluding hydrogens is 936 g/mol. The summed E-state index contributed by atoms with van der Waals surface area (Å²) in [6.45, 7) is 0.999. The van der Waals surface area contributed by atoms with Gasteiger partial charge in [0.05, 0.1) is 17.9 Å². The number of benzene rings is 4. The Balaban J connectivity index is 0.000000243. The van der Waals surface area contributed by atoms with Gasteiger partial charge in [-0.05, 0) is 105 Å². The van der Waals surface area contributed by atoms with Crippen LogP contribution in [0, 0.1) is 0 Å². The van der Waals surface area contributed by atoms with Crippen LogP contribution in [-0.2, 0) is 48.6 Å². The number of carbonyl (C=O) groups is 3. The third-order valence-corrected chi connectivity index (χ3v) is 10.9. The number of nitrogens with zero attached hydrogens (tertiary/aromatic N) is 1. The van der Waals surface area contributed by atoms with Crippen molar-refractivity contribution in [2.45, 2.75) is 46.8 Å². The number of hydrogen-bond acceptors (Lipinski definition) is 10. The fourth-order valence-electron chi connectivity index (χ4n) is 7.09. The molecule has 2 aliphatic carbocycles. The van der Waals surface area contributed by atoms with Crippen LogP contribution in [0.4, 0.5) is 0 Å². The molecule has 13 nitrogen and oxygen atoms in total. The predicted molar refractivity (Wildman–Crippen MR) is 238 cm³/mol. The van der Waals surface area contributed by atoms with Gasteiger partial charge < -0.3 is 37.0 Å². The van der Waals surface area contributed by atoms with E-state index >= 15 is 0 Å². The minimum Gasteiger partial charge on any atom is -0.870 e. The van der Waals surface area contributed by atoms with Crippen LogP contribution in [-0.4, -0.2) is 47.1 Å². The number of carbonyl (C=O) groups excluding carboxylic acids is 3. The van der Waals surface area contributed by atoms with Crippen molar-refractivity contribution in [1.29, 1.82) is 0 Å². The van der Waals surface area contributed by atoms with Gasteiger partial charge in [-0.2, -0.15) is 0 Å². The van der Waals surface area contributed by atoms with Crippen molar-refractivity contribution in [2.24, 2.45) is 16.5 Å². The Morgan fingerprint density at radius 2 is 1.15 bits per heavy atom. The zero-order valence-electron chi connectivity index (χ0n) is 32.5. The number of nitrogens with two attached hydrogens (primary N) is 2. The molecule has 0 bridgehead atoms. The third kappa shape index (κ3) is 10.6. The largest absolute Gasteiger partial charge is 1.00 e. The van der Waals surface area contributed by atoms with E-state index in [2.05, 4.69) is 20.3 Å². The zero-order chi connectivity index (χ0) is 43.1. The topological polar surface area (TPSA) is 233 Å². The molecule has 0 fully saturated rings. The van der Waals surface area contributed by atoms with Gasteiger partial charge in [0.2, 0.25) is 11.6 Å². The molecule has 0 spiro atoms. The second-order valence-electron chi connectivity index (χ2n) is 14.0. The molecule has 1 amide bonds. The Bertz CT molecular complexity index is 2910. The van der Waals surface area contributed by atoms with E-state index in [4.69, 9.17) is 85.8 Å². The van der Waals surface area contributed by atoms with Crippen LogP contribution in [0.15, 0.2) is 87.4 Å². The van der Waals surface area contributed by atoms with E-state index in [1.807, 2.05) is 24.3 Å². The number of rotatable bonds is 7. The number of alkyl halides is 6. The van der Waals surface area contributed by atoms with E-state index in [-0.39, 0.29) is 82.7 Å². The molecule has 62 heavy (non-hydrogen) atoms. The molecule has 316 valence electrons. The van der Waals surface area contributed by atoms with Crippen LogP contribution < -0.4 is 57.2 Å². The van der Waals surface area contributed by atoms with Gasteiger partial charge in [-0.25, -0.2) is 0 Å². The van der Waals surface area contributed by atoms with E-state index in [0.717, 1.165) is 28.7 Å². The Hall–Kier alpha value is -3.80. The molecule has 6 aromatic rings. The average Bonchev–Trinajstić information content (AvgIpc) is 3.22. The minimum atomic E-state index is -2.09. The van der Waals surface area contributed by atoms with Crippen molar-refractivity contribution in [3.8, 4) is 0 Å². The average molecular weight is 969 g/mol. The van der Waals surface area contributed by atoms with Crippen LogP contribution in [0.2, 0.25) is 0 Å². The maximum atomic E-state index is 13.3. The van der Waals surface area contributed by atoms with Crippen molar-refractivity contribution in [3.05, 3.63) is 160 Å². The summed E-state index contributed by atoms with van der Waals surface area (Å²) in [7, 11) is 0. The molecule has 0 radical (unpaired) electrons. The first kappa shape index (κ1) is 49.2. The summed E-state index contributed by atoms with van der Waals surface area (Å²) in [6.07, 6.45) is 1.74. The van der Waals surface area contributed by atoms with Gasteiger partial charge in [-0.15, -0.1) is 0 Å². The number of pyridine rings is 2. The molecule has 8 rings (SSSR count). The van der Waals surface area contributed by atoms with Gasteiger partial charge in [0.25, 0.3) is 9.70 Å². The summed E-state index contributed by atoms with van der Waals surface area (Å²) in [5.41, 5.74) is 19.4. The second-order valence-corrected chi connectivity index (χ2v) is 18.4. The van der Waals surface area contributed by atoms with Crippen LogP contribution in [0.1, 0.15) is 76.6 Å². The van der Waals surface area contributed by atoms with E-state index in [9.17, 15) is 24.0 Å². The maximum Gasteiger partial charge on any atom is 1.00 e. The normalized spacial score (nSPS) is 12.9. The molecule has 20 heteroatoms. The van der Waals surface area contributed by atoms with Gasteiger partial charge in [-0.3, -0.25) is 29.0 Å². The fourth-order valence-corrected chi connectivity index (χ4v) is 7.41. The van der Waals surface area contributed by atoms with E-state index in [1.165, 1.54) is 0 Å². The summed E-state index contributed by atoms with van der Waals surface area (Å²) in [5, 5.41) is 3.50. The Morgan fingerprint density at radius 3 is 1.65 bits per heavy atom. The number of aromatic amines is 2. The zero-order valence-corrected chi connectivity index (χ0v) is 39.1. The second kappa shape index (κ2) is 19.9. The number of H-pyrrole nitrogens is 2. The molecule has 0 aliphatic heterocycles. The maximum absolute atomic E-state index is 13.3. The van der Waals surface area contributed by atoms with Crippen LogP contribution in [0.3, 0.4) is 0 Å². The first-order valence-electron chi connectivity index (χ1n) is 18.1. The number of aliphatic imine (C=N–C) groups is 1. The molecule has 8 N–H and O–H groups in total.